The van der Waals surface area contributed by atoms with Crippen LogP contribution in [0.4, 0.5) is 13.2 Å². The highest BCUT2D eigenvalue weighted by Crippen LogP contribution is 2.18. The van der Waals surface area contributed by atoms with E-state index in [4.69, 9.17) is 0 Å². The van der Waals surface area contributed by atoms with Gasteiger partial charge in [0.15, 0.2) is 6.61 Å². The molecule has 0 saturated heterocycles. The zero-order valence-corrected chi connectivity index (χ0v) is 14.8. The normalized spacial score (nSPS) is 11.4. The fourth-order valence-electron chi connectivity index (χ4n) is 2.42. The van der Waals surface area contributed by atoms with E-state index in [-0.39, 0.29) is 11.6 Å². The number of rotatable bonds is 6. The Labute approximate surface area is 157 Å². The van der Waals surface area contributed by atoms with Gasteiger partial charge in [0.25, 0.3) is 5.56 Å². The Balaban J connectivity index is 1.72. The maximum Gasteiger partial charge on any atom is 0.422 e. The molecule has 0 aliphatic rings. The molecule has 3 heterocycles. The highest BCUT2D eigenvalue weighted by molar-refractivity contribution is 5.55. The van der Waals surface area contributed by atoms with Crippen molar-refractivity contribution in [1.82, 2.24) is 24.7 Å². The summed E-state index contributed by atoms with van der Waals surface area (Å²) in [7, 11) is 0. The smallest absolute Gasteiger partial charge is 0.422 e. The lowest BCUT2D eigenvalue weighted by Gasteiger charge is -2.09. The van der Waals surface area contributed by atoms with Crippen molar-refractivity contribution in [3.63, 3.8) is 0 Å². The summed E-state index contributed by atoms with van der Waals surface area (Å²) < 4.78 is 42.3. The second kappa shape index (κ2) is 8.15. The second-order valence-corrected chi connectivity index (χ2v) is 6.06. The van der Waals surface area contributed by atoms with Gasteiger partial charge >= 0.3 is 12.2 Å². The van der Waals surface area contributed by atoms with Crippen LogP contribution in [0.2, 0.25) is 0 Å². The number of nitrogens with zero attached hydrogens (tertiary/aromatic N) is 5. The molecule has 0 spiro atoms. The Hall–Kier alpha value is -3.30. The van der Waals surface area contributed by atoms with Crippen LogP contribution in [0, 0.1) is 6.92 Å². The van der Waals surface area contributed by atoms with Gasteiger partial charge < -0.3 is 4.74 Å². The molecule has 0 N–H and O–H groups in total. The third-order valence-corrected chi connectivity index (χ3v) is 3.70. The number of aryl methyl sites for hydroxylation is 3. The van der Waals surface area contributed by atoms with Gasteiger partial charge in [0, 0.05) is 43.0 Å². The van der Waals surface area contributed by atoms with Gasteiger partial charge in [-0.05, 0) is 30.5 Å². The lowest BCUT2D eigenvalue weighted by atomic mass is 10.1. The topological polar surface area (TPSA) is 82.8 Å². The first-order chi connectivity index (χ1) is 13.3. The van der Waals surface area contributed by atoms with Crippen LogP contribution in [0.5, 0.6) is 6.01 Å². The average Bonchev–Trinajstić information content (AvgIpc) is 2.66. The number of ether oxygens (including phenoxy) is 1. The first kappa shape index (κ1) is 19.5. The number of hydrogen-bond donors (Lipinski definition) is 0. The number of aromatic nitrogens is 5. The molecule has 3 aromatic rings. The van der Waals surface area contributed by atoms with Crippen LogP contribution in [0.1, 0.15) is 11.1 Å². The van der Waals surface area contributed by atoms with E-state index in [0.717, 1.165) is 11.1 Å². The summed E-state index contributed by atoms with van der Waals surface area (Å²) >= 11 is 0. The molecule has 0 aliphatic heterocycles. The summed E-state index contributed by atoms with van der Waals surface area (Å²) in [5.41, 5.74) is 2.61. The van der Waals surface area contributed by atoms with Crippen LogP contribution in [-0.2, 0) is 13.0 Å². The summed E-state index contributed by atoms with van der Waals surface area (Å²) in [6.45, 7) is 0.818. The predicted molar refractivity (Wildman–Crippen MR) is 93.8 cm³/mol. The van der Waals surface area contributed by atoms with Gasteiger partial charge in [-0.2, -0.15) is 18.3 Å². The van der Waals surface area contributed by atoms with Crippen molar-refractivity contribution >= 4 is 0 Å². The SMILES string of the molecule is Cc1cncc(CCn2nc(-c3cnc(OCC(F)(F)F)nc3)ccc2=O)c1. The highest BCUT2D eigenvalue weighted by atomic mass is 19.4. The van der Waals surface area contributed by atoms with Gasteiger partial charge in [-0.25, -0.2) is 14.6 Å². The first-order valence-corrected chi connectivity index (χ1v) is 8.31. The molecule has 0 saturated carbocycles. The van der Waals surface area contributed by atoms with Gasteiger partial charge in [0.05, 0.1) is 5.69 Å². The Morgan fingerprint density at radius 2 is 1.86 bits per heavy atom. The summed E-state index contributed by atoms with van der Waals surface area (Å²) in [6.07, 6.45) is 2.17. The van der Waals surface area contributed by atoms with Gasteiger partial charge in [0.2, 0.25) is 0 Å². The van der Waals surface area contributed by atoms with E-state index < -0.39 is 12.8 Å². The number of alkyl halides is 3. The first-order valence-electron chi connectivity index (χ1n) is 8.31. The maximum absolute atomic E-state index is 12.2. The minimum atomic E-state index is -4.47. The van der Waals surface area contributed by atoms with E-state index in [9.17, 15) is 18.0 Å². The largest absolute Gasteiger partial charge is 0.454 e. The summed E-state index contributed by atoms with van der Waals surface area (Å²) in [6, 6.07) is 4.46. The molecular weight excluding hydrogens is 375 g/mol. The fraction of sp³-hybridized carbons (Fsp3) is 0.278. The molecule has 0 aromatic carbocycles. The van der Waals surface area contributed by atoms with Crippen molar-refractivity contribution in [3.05, 3.63) is 64.5 Å². The number of hydrogen-bond acceptors (Lipinski definition) is 6. The minimum Gasteiger partial charge on any atom is -0.454 e. The molecule has 0 radical (unpaired) electrons. The average molecular weight is 391 g/mol. The second-order valence-electron chi connectivity index (χ2n) is 6.06. The van der Waals surface area contributed by atoms with Crippen molar-refractivity contribution in [2.45, 2.75) is 26.1 Å². The molecule has 0 amide bonds. The van der Waals surface area contributed by atoms with Gasteiger partial charge in [-0.3, -0.25) is 9.78 Å². The Kier molecular flexibility index (Phi) is 5.67. The lowest BCUT2D eigenvalue weighted by molar-refractivity contribution is -0.154. The van der Waals surface area contributed by atoms with E-state index in [2.05, 4.69) is 24.8 Å². The molecule has 28 heavy (non-hydrogen) atoms. The monoisotopic (exact) mass is 391 g/mol. The van der Waals surface area contributed by atoms with Crippen LogP contribution in [0.15, 0.2) is 47.8 Å². The van der Waals surface area contributed by atoms with Crippen LogP contribution in [-0.4, -0.2) is 37.5 Å². The zero-order chi connectivity index (χ0) is 20.1. The third-order valence-electron chi connectivity index (χ3n) is 3.70. The van der Waals surface area contributed by atoms with Gasteiger partial charge in [-0.15, -0.1) is 0 Å². The van der Waals surface area contributed by atoms with Gasteiger partial charge in [-0.1, -0.05) is 6.07 Å². The summed E-state index contributed by atoms with van der Waals surface area (Å²) in [5, 5.41) is 4.28. The summed E-state index contributed by atoms with van der Waals surface area (Å²) in [5.74, 6) is 0. The minimum absolute atomic E-state index is 0.268. The maximum atomic E-state index is 12.2. The molecule has 0 aliphatic carbocycles. The molecule has 0 fully saturated rings. The molecule has 0 bridgehead atoms. The molecule has 0 unspecified atom stereocenters. The fourth-order valence-corrected chi connectivity index (χ4v) is 2.42. The molecule has 7 nitrogen and oxygen atoms in total. The van der Waals surface area contributed by atoms with E-state index in [1.807, 2.05) is 13.0 Å². The third kappa shape index (κ3) is 5.35. The molecule has 146 valence electrons. The Morgan fingerprint density at radius 3 is 2.54 bits per heavy atom. The Bertz CT molecular complexity index is 1000. The van der Waals surface area contributed by atoms with E-state index >= 15 is 0 Å². The van der Waals surface area contributed by atoms with Crippen LogP contribution >= 0.6 is 0 Å². The van der Waals surface area contributed by atoms with Crippen molar-refractivity contribution in [1.29, 1.82) is 0 Å². The number of halogens is 3. The van der Waals surface area contributed by atoms with Crippen LogP contribution < -0.4 is 10.3 Å². The van der Waals surface area contributed by atoms with E-state index in [1.54, 1.807) is 12.4 Å². The van der Waals surface area contributed by atoms with Gasteiger partial charge in [0.1, 0.15) is 0 Å². The predicted octanol–water partition coefficient (Wildman–Crippen LogP) is 2.59. The lowest BCUT2D eigenvalue weighted by Crippen LogP contribution is -2.23. The van der Waals surface area contributed by atoms with Crippen molar-refractivity contribution in [3.8, 4) is 17.3 Å². The molecule has 0 atom stereocenters. The zero-order valence-electron chi connectivity index (χ0n) is 14.8. The van der Waals surface area contributed by atoms with Crippen LogP contribution in [0.25, 0.3) is 11.3 Å². The molecule has 10 heteroatoms. The molecule has 3 aromatic heterocycles. The Morgan fingerprint density at radius 1 is 1.11 bits per heavy atom. The van der Waals surface area contributed by atoms with Crippen molar-refractivity contribution in [2.75, 3.05) is 6.61 Å². The molecule has 3 rings (SSSR count). The van der Waals surface area contributed by atoms with Crippen molar-refractivity contribution < 1.29 is 17.9 Å². The number of pyridine rings is 1. The summed E-state index contributed by atoms with van der Waals surface area (Å²) in [4.78, 5) is 23.7. The standard InChI is InChI=1S/C18H16F3N5O2/c1-12-6-13(8-22-7-12)4-5-26-16(27)3-2-15(25-26)14-9-23-17(24-10-14)28-11-18(19,20)21/h2-3,6-10H,4-5,11H2,1H3. The quantitative estimate of drug-likeness (QED) is 0.642. The highest BCUT2D eigenvalue weighted by Gasteiger charge is 2.28. The van der Waals surface area contributed by atoms with Crippen molar-refractivity contribution in [2.24, 2.45) is 0 Å². The van der Waals surface area contributed by atoms with E-state index in [1.165, 1.54) is 29.2 Å². The molecular formula is C18H16F3N5O2. The van der Waals surface area contributed by atoms with Crippen LogP contribution in [0.3, 0.4) is 0 Å². The van der Waals surface area contributed by atoms with E-state index in [0.29, 0.717) is 24.2 Å².